The molecule has 8 heteroatoms. The molecule has 0 fully saturated rings. The SMILES string of the molecule is CCNC(=NCc1ccc(Oc2cccc(OC)c2)nc1)NCc1cccc(OC)c1.I. The third-order valence-electron chi connectivity index (χ3n) is 4.42. The maximum atomic E-state index is 5.78. The summed E-state index contributed by atoms with van der Waals surface area (Å²) in [6, 6.07) is 19.2. The van der Waals surface area contributed by atoms with Crippen LogP contribution in [0.4, 0.5) is 0 Å². The Morgan fingerprint density at radius 3 is 2.28 bits per heavy atom. The average molecular weight is 548 g/mol. The van der Waals surface area contributed by atoms with E-state index in [4.69, 9.17) is 14.2 Å². The summed E-state index contributed by atoms with van der Waals surface area (Å²) in [6.07, 6.45) is 1.77. The van der Waals surface area contributed by atoms with Crippen LogP contribution in [0.25, 0.3) is 0 Å². The van der Waals surface area contributed by atoms with Crippen LogP contribution in [0.1, 0.15) is 18.1 Å². The highest BCUT2D eigenvalue weighted by Crippen LogP contribution is 2.23. The zero-order valence-electron chi connectivity index (χ0n) is 18.5. The molecule has 0 unspecified atom stereocenters. The van der Waals surface area contributed by atoms with Crippen molar-refractivity contribution in [3.8, 4) is 23.1 Å². The van der Waals surface area contributed by atoms with Gasteiger partial charge in [0.05, 0.1) is 20.8 Å². The molecule has 3 aromatic rings. The molecular weight excluding hydrogens is 519 g/mol. The highest BCUT2D eigenvalue weighted by atomic mass is 127. The molecule has 0 bridgehead atoms. The number of ether oxygens (including phenoxy) is 3. The number of methoxy groups -OCH3 is 2. The van der Waals surface area contributed by atoms with Crippen molar-refractivity contribution in [1.82, 2.24) is 15.6 Å². The zero-order chi connectivity index (χ0) is 21.9. The molecule has 0 radical (unpaired) electrons. The predicted octanol–water partition coefficient (Wildman–Crippen LogP) is 4.76. The minimum atomic E-state index is 0. The molecule has 2 aromatic carbocycles. The van der Waals surface area contributed by atoms with E-state index in [9.17, 15) is 0 Å². The van der Waals surface area contributed by atoms with E-state index in [1.807, 2.05) is 67.6 Å². The van der Waals surface area contributed by atoms with E-state index in [0.29, 0.717) is 24.7 Å². The van der Waals surface area contributed by atoms with E-state index in [1.54, 1.807) is 20.4 Å². The maximum Gasteiger partial charge on any atom is 0.219 e. The van der Waals surface area contributed by atoms with Crippen molar-refractivity contribution >= 4 is 29.9 Å². The van der Waals surface area contributed by atoms with Crippen LogP contribution in [-0.2, 0) is 13.1 Å². The molecule has 3 rings (SSSR count). The molecule has 32 heavy (non-hydrogen) atoms. The van der Waals surface area contributed by atoms with E-state index in [0.717, 1.165) is 35.1 Å². The Labute approximate surface area is 206 Å². The molecule has 0 saturated carbocycles. The third-order valence-corrected chi connectivity index (χ3v) is 4.42. The van der Waals surface area contributed by atoms with Gasteiger partial charge in [0.15, 0.2) is 5.96 Å². The molecule has 0 amide bonds. The second kappa shape index (κ2) is 13.4. The molecule has 0 aliphatic carbocycles. The van der Waals surface area contributed by atoms with E-state index in [-0.39, 0.29) is 24.0 Å². The lowest BCUT2D eigenvalue weighted by molar-refractivity contribution is 0.407. The van der Waals surface area contributed by atoms with Crippen LogP contribution in [0, 0.1) is 0 Å². The Balaban J connectivity index is 0.00000363. The van der Waals surface area contributed by atoms with Crippen LogP contribution >= 0.6 is 24.0 Å². The smallest absolute Gasteiger partial charge is 0.219 e. The van der Waals surface area contributed by atoms with Crippen LogP contribution in [0.5, 0.6) is 23.1 Å². The Hall–Kier alpha value is -3.01. The third kappa shape index (κ3) is 7.92. The van der Waals surface area contributed by atoms with Gasteiger partial charge in [-0.15, -0.1) is 24.0 Å². The van der Waals surface area contributed by atoms with Crippen molar-refractivity contribution in [1.29, 1.82) is 0 Å². The van der Waals surface area contributed by atoms with Crippen LogP contribution in [0.2, 0.25) is 0 Å². The number of benzene rings is 2. The van der Waals surface area contributed by atoms with Gasteiger partial charge < -0.3 is 24.8 Å². The van der Waals surface area contributed by atoms with Gasteiger partial charge >= 0.3 is 0 Å². The number of nitrogens with zero attached hydrogens (tertiary/aromatic N) is 2. The number of aliphatic imine (C=N–C) groups is 1. The summed E-state index contributed by atoms with van der Waals surface area (Å²) in [5.41, 5.74) is 2.10. The van der Waals surface area contributed by atoms with Gasteiger partial charge in [0.25, 0.3) is 0 Å². The first-order valence-electron chi connectivity index (χ1n) is 10.1. The molecule has 0 aliphatic heterocycles. The van der Waals surface area contributed by atoms with Gasteiger partial charge in [-0.25, -0.2) is 9.98 Å². The molecule has 170 valence electrons. The second-order valence-electron chi connectivity index (χ2n) is 6.69. The summed E-state index contributed by atoms with van der Waals surface area (Å²) in [5, 5.41) is 6.60. The zero-order valence-corrected chi connectivity index (χ0v) is 20.8. The van der Waals surface area contributed by atoms with Crippen molar-refractivity contribution < 1.29 is 14.2 Å². The number of aromatic nitrogens is 1. The maximum absolute atomic E-state index is 5.78. The minimum Gasteiger partial charge on any atom is -0.497 e. The number of halogens is 1. The minimum absolute atomic E-state index is 0. The summed E-state index contributed by atoms with van der Waals surface area (Å²) in [4.78, 5) is 9.02. The number of guanidine groups is 1. The van der Waals surface area contributed by atoms with Crippen molar-refractivity contribution in [2.24, 2.45) is 4.99 Å². The van der Waals surface area contributed by atoms with Gasteiger partial charge in [0.1, 0.15) is 17.2 Å². The van der Waals surface area contributed by atoms with Crippen molar-refractivity contribution in [3.63, 3.8) is 0 Å². The van der Waals surface area contributed by atoms with E-state index in [2.05, 4.69) is 20.6 Å². The highest BCUT2D eigenvalue weighted by molar-refractivity contribution is 14.0. The van der Waals surface area contributed by atoms with Gasteiger partial charge in [-0.2, -0.15) is 0 Å². The Morgan fingerprint density at radius 1 is 0.875 bits per heavy atom. The number of rotatable bonds is 9. The fourth-order valence-corrected chi connectivity index (χ4v) is 2.83. The normalized spacial score (nSPS) is 10.7. The number of nitrogens with one attached hydrogen (secondary N) is 2. The molecular formula is C24H29IN4O3. The van der Waals surface area contributed by atoms with Crippen LogP contribution in [0.3, 0.4) is 0 Å². The highest BCUT2D eigenvalue weighted by Gasteiger charge is 2.03. The Kier molecular flexibility index (Phi) is 10.6. The van der Waals surface area contributed by atoms with Crippen LogP contribution in [-0.4, -0.2) is 31.7 Å². The van der Waals surface area contributed by atoms with Gasteiger partial charge in [-0.1, -0.05) is 24.3 Å². The Bertz CT molecular complexity index is 997. The summed E-state index contributed by atoms with van der Waals surface area (Å²) < 4.78 is 16.3. The first kappa shape index (κ1) is 25.3. The number of hydrogen-bond acceptors (Lipinski definition) is 5. The largest absolute Gasteiger partial charge is 0.497 e. The van der Waals surface area contributed by atoms with Crippen LogP contribution < -0.4 is 24.8 Å². The lowest BCUT2D eigenvalue weighted by Gasteiger charge is -2.12. The molecule has 1 aromatic heterocycles. The van der Waals surface area contributed by atoms with Gasteiger partial charge in [-0.05, 0) is 42.3 Å². The summed E-state index contributed by atoms with van der Waals surface area (Å²) in [7, 11) is 3.29. The first-order valence-corrected chi connectivity index (χ1v) is 10.1. The average Bonchev–Trinajstić information content (AvgIpc) is 2.82. The van der Waals surface area contributed by atoms with Gasteiger partial charge in [-0.3, -0.25) is 0 Å². The molecule has 7 nitrogen and oxygen atoms in total. The van der Waals surface area contributed by atoms with Gasteiger partial charge in [0, 0.05) is 31.4 Å². The topological polar surface area (TPSA) is 77.0 Å². The molecule has 0 saturated heterocycles. The quantitative estimate of drug-likeness (QED) is 0.228. The predicted molar refractivity (Wildman–Crippen MR) is 137 cm³/mol. The molecule has 0 aliphatic rings. The summed E-state index contributed by atoms with van der Waals surface area (Å²) >= 11 is 0. The van der Waals surface area contributed by atoms with Crippen molar-refractivity contribution in [3.05, 3.63) is 78.0 Å². The fraction of sp³-hybridized carbons (Fsp3) is 0.250. The van der Waals surface area contributed by atoms with E-state index in [1.165, 1.54) is 0 Å². The molecule has 2 N–H and O–H groups in total. The van der Waals surface area contributed by atoms with E-state index >= 15 is 0 Å². The lowest BCUT2D eigenvalue weighted by atomic mass is 10.2. The van der Waals surface area contributed by atoms with Crippen molar-refractivity contribution in [2.75, 3.05) is 20.8 Å². The monoisotopic (exact) mass is 548 g/mol. The fourth-order valence-electron chi connectivity index (χ4n) is 2.83. The summed E-state index contributed by atoms with van der Waals surface area (Å²) in [5.74, 6) is 3.50. The first-order chi connectivity index (χ1) is 15.2. The van der Waals surface area contributed by atoms with Crippen LogP contribution in [0.15, 0.2) is 71.9 Å². The Morgan fingerprint density at radius 2 is 1.59 bits per heavy atom. The molecule has 0 atom stereocenters. The number of pyridine rings is 1. The van der Waals surface area contributed by atoms with Crippen molar-refractivity contribution in [2.45, 2.75) is 20.0 Å². The van der Waals surface area contributed by atoms with Gasteiger partial charge in [0.2, 0.25) is 5.88 Å². The lowest BCUT2D eigenvalue weighted by Crippen LogP contribution is -2.36. The standard InChI is InChI=1S/C24H28N4O3.HI/c1-4-25-24(27-15-18-7-5-8-20(13-18)29-2)28-17-19-11-12-23(26-16-19)31-22-10-6-9-21(14-22)30-3;/h5-14,16H,4,15,17H2,1-3H3,(H2,25,27,28);1H. The van der Waals surface area contributed by atoms with E-state index < -0.39 is 0 Å². The number of hydrogen-bond donors (Lipinski definition) is 2. The molecule has 0 spiro atoms. The second-order valence-corrected chi connectivity index (χ2v) is 6.69. The summed E-state index contributed by atoms with van der Waals surface area (Å²) in [6.45, 7) is 3.96. The molecule has 1 heterocycles.